The van der Waals surface area contributed by atoms with Crippen molar-refractivity contribution in [3.05, 3.63) is 34.9 Å². The van der Waals surface area contributed by atoms with Crippen LogP contribution in [0.5, 0.6) is 0 Å². The number of nitrogens with zero attached hydrogens (tertiary/aromatic N) is 1. The molecule has 1 atom stereocenters. The van der Waals surface area contributed by atoms with Crippen LogP contribution in [0.1, 0.15) is 57.1 Å². The highest BCUT2D eigenvalue weighted by Gasteiger charge is 2.23. The second kappa shape index (κ2) is 8.17. The van der Waals surface area contributed by atoms with Crippen molar-refractivity contribution in [1.29, 1.82) is 0 Å². The lowest BCUT2D eigenvalue weighted by atomic mass is 9.84. The standard InChI is InChI=1S/C18H28ClNO/c1-3-14-8-10-15(11-9-14)20(2)13-12-18(21)16-6-4-5-7-17(16)19/h4-7,14-15,18,21H,3,8-13H2,1-2H3. The summed E-state index contributed by atoms with van der Waals surface area (Å²) in [5.41, 5.74) is 0.849. The van der Waals surface area contributed by atoms with Crippen LogP contribution in [0.2, 0.25) is 5.02 Å². The number of halogens is 1. The number of hydrogen-bond acceptors (Lipinski definition) is 2. The molecule has 1 aliphatic rings. The summed E-state index contributed by atoms with van der Waals surface area (Å²) in [7, 11) is 2.19. The molecule has 0 heterocycles. The molecule has 0 aliphatic heterocycles. The van der Waals surface area contributed by atoms with Gasteiger partial charge in [-0.2, -0.15) is 0 Å². The molecule has 2 rings (SSSR count). The van der Waals surface area contributed by atoms with Gasteiger partial charge in [0, 0.05) is 17.6 Å². The molecule has 0 radical (unpaired) electrons. The summed E-state index contributed by atoms with van der Waals surface area (Å²) in [6.45, 7) is 3.22. The number of rotatable bonds is 6. The number of aliphatic hydroxyl groups excluding tert-OH is 1. The minimum absolute atomic E-state index is 0.465. The van der Waals surface area contributed by atoms with E-state index < -0.39 is 6.10 Å². The molecule has 0 saturated heterocycles. The fraction of sp³-hybridized carbons (Fsp3) is 0.667. The summed E-state index contributed by atoms with van der Waals surface area (Å²) >= 11 is 6.14. The van der Waals surface area contributed by atoms with E-state index in [9.17, 15) is 5.11 Å². The Bertz CT molecular complexity index is 429. The zero-order valence-electron chi connectivity index (χ0n) is 13.3. The first kappa shape index (κ1) is 16.8. The van der Waals surface area contributed by atoms with Crippen molar-refractivity contribution in [3.63, 3.8) is 0 Å². The van der Waals surface area contributed by atoms with E-state index in [1.807, 2.05) is 24.3 Å². The Morgan fingerprint density at radius 1 is 1.24 bits per heavy atom. The Hall–Kier alpha value is -0.570. The number of aliphatic hydroxyl groups is 1. The molecule has 0 spiro atoms. The highest BCUT2D eigenvalue weighted by atomic mass is 35.5. The van der Waals surface area contributed by atoms with E-state index >= 15 is 0 Å². The summed E-state index contributed by atoms with van der Waals surface area (Å²) in [4.78, 5) is 2.42. The molecule has 1 N–H and O–H groups in total. The molecule has 3 heteroatoms. The van der Waals surface area contributed by atoms with Crippen molar-refractivity contribution in [1.82, 2.24) is 4.90 Å². The van der Waals surface area contributed by atoms with E-state index in [1.165, 1.54) is 32.1 Å². The van der Waals surface area contributed by atoms with Gasteiger partial charge in [0.15, 0.2) is 0 Å². The van der Waals surface area contributed by atoms with Gasteiger partial charge in [0.1, 0.15) is 0 Å². The van der Waals surface area contributed by atoms with Gasteiger partial charge in [-0.15, -0.1) is 0 Å². The van der Waals surface area contributed by atoms with Crippen LogP contribution in [-0.2, 0) is 0 Å². The minimum atomic E-state index is -0.465. The van der Waals surface area contributed by atoms with Crippen LogP contribution in [0.25, 0.3) is 0 Å². The average Bonchev–Trinajstić information content (AvgIpc) is 2.52. The molecule has 1 unspecified atom stereocenters. The van der Waals surface area contributed by atoms with Crippen molar-refractivity contribution in [2.45, 2.75) is 57.6 Å². The lowest BCUT2D eigenvalue weighted by Crippen LogP contribution is -2.36. The van der Waals surface area contributed by atoms with Crippen molar-refractivity contribution >= 4 is 11.6 Å². The summed E-state index contributed by atoms with van der Waals surface area (Å²) in [6, 6.07) is 8.28. The third-order valence-corrected chi connectivity index (χ3v) is 5.38. The van der Waals surface area contributed by atoms with E-state index in [-0.39, 0.29) is 0 Å². The largest absolute Gasteiger partial charge is 0.388 e. The van der Waals surface area contributed by atoms with Crippen molar-refractivity contribution in [2.24, 2.45) is 5.92 Å². The summed E-state index contributed by atoms with van der Waals surface area (Å²) in [6.07, 6.45) is 6.93. The lowest BCUT2D eigenvalue weighted by molar-refractivity contribution is 0.117. The van der Waals surface area contributed by atoms with Crippen LogP contribution >= 0.6 is 11.6 Å². The third kappa shape index (κ3) is 4.70. The smallest absolute Gasteiger partial charge is 0.0816 e. The first-order chi connectivity index (χ1) is 10.1. The van der Waals surface area contributed by atoms with Gasteiger partial charge >= 0.3 is 0 Å². The maximum atomic E-state index is 10.3. The van der Waals surface area contributed by atoms with Gasteiger partial charge in [0.2, 0.25) is 0 Å². The first-order valence-corrected chi connectivity index (χ1v) is 8.62. The quantitative estimate of drug-likeness (QED) is 0.826. The second-order valence-electron chi connectivity index (χ2n) is 6.39. The summed E-state index contributed by atoms with van der Waals surface area (Å²) in [5, 5.41) is 11.0. The highest BCUT2D eigenvalue weighted by Crippen LogP contribution is 2.30. The van der Waals surface area contributed by atoms with Gasteiger partial charge in [-0.3, -0.25) is 0 Å². The third-order valence-electron chi connectivity index (χ3n) is 5.04. The minimum Gasteiger partial charge on any atom is -0.388 e. The van der Waals surface area contributed by atoms with Gasteiger partial charge in [-0.25, -0.2) is 0 Å². The molecule has 0 amide bonds. The van der Waals surface area contributed by atoms with E-state index in [0.29, 0.717) is 11.1 Å². The normalized spacial score (nSPS) is 24.2. The number of hydrogen-bond donors (Lipinski definition) is 1. The van der Waals surface area contributed by atoms with Crippen LogP contribution in [0.3, 0.4) is 0 Å². The maximum absolute atomic E-state index is 10.3. The van der Waals surface area contributed by atoms with E-state index in [1.54, 1.807) is 0 Å². The molecular formula is C18H28ClNO. The maximum Gasteiger partial charge on any atom is 0.0816 e. The molecule has 1 saturated carbocycles. The molecule has 0 aromatic heterocycles. The Morgan fingerprint density at radius 2 is 1.90 bits per heavy atom. The van der Waals surface area contributed by atoms with E-state index in [2.05, 4.69) is 18.9 Å². The zero-order chi connectivity index (χ0) is 15.2. The van der Waals surface area contributed by atoms with Crippen LogP contribution in [0.4, 0.5) is 0 Å². The van der Waals surface area contributed by atoms with Gasteiger partial charge in [-0.1, -0.05) is 43.1 Å². The molecule has 1 fully saturated rings. The van der Waals surface area contributed by atoms with Gasteiger partial charge in [0.05, 0.1) is 6.10 Å². The van der Waals surface area contributed by atoms with Crippen molar-refractivity contribution in [3.8, 4) is 0 Å². The van der Waals surface area contributed by atoms with Gasteiger partial charge in [0.25, 0.3) is 0 Å². The Kier molecular flexibility index (Phi) is 6.53. The molecule has 21 heavy (non-hydrogen) atoms. The number of benzene rings is 1. The Balaban J connectivity index is 1.79. The Labute approximate surface area is 134 Å². The topological polar surface area (TPSA) is 23.5 Å². The van der Waals surface area contributed by atoms with Crippen LogP contribution in [0, 0.1) is 5.92 Å². The fourth-order valence-electron chi connectivity index (χ4n) is 3.40. The van der Waals surface area contributed by atoms with Crippen molar-refractivity contribution in [2.75, 3.05) is 13.6 Å². The SMILES string of the molecule is CCC1CCC(N(C)CCC(O)c2ccccc2Cl)CC1. The monoisotopic (exact) mass is 309 g/mol. The van der Waals surface area contributed by atoms with Crippen LogP contribution in [-0.4, -0.2) is 29.6 Å². The zero-order valence-corrected chi connectivity index (χ0v) is 14.0. The van der Waals surface area contributed by atoms with Gasteiger partial charge in [-0.05, 0) is 56.7 Å². The second-order valence-corrected chi connectivity index (χ2v) is 6.80. The summed E-state index contributed by atoms with van der Waals surface area (Å²) < 4.78 is 0. The molecule has 1 aromatic rings. The van der Waals surface area contributed by atoms with E-state index in [4.69, 9.17) is 11.6 Å². The molecule has 0 bridgehead atoms. The molecule has 1 aromatic carbocycles. The van der Waals surface area contributed by atoms with Crippen LogP contribution in [0.15, 0.2) is 24.3 Å². The van der Waals surface area contributed by atoms with Crippen LogP contribution < -0.4 is 0 Å². The lowest BCUT2D eigenvalue weighted by Gasteiger charge is -2.34. The molecule has 118 valence electrons. The molecule has 1 aliphatic carbocycles. The predicted molar refractivity (Wildman–Crippen MR) is 89.7 cm³/mol. The molecule has 2 nitrogen and oxygen atoms in total. The highest BCUT2D eigenvalue weighted by molar-refractivity contribution is 6.31. The average molecular weight is 310 g/mol. The summed E-state index contributed by atoms with van der Waals surface area (Å²) in [5.74, 6) is 0.934. The molecular weight excluding hydrogens is 282 g/mol. The Morgan fingerprint density at radius 3 is 2.52 bits per heavy atom. The van der Waals surface area contributed by atoms with Crippen molar-refractivity contribution < 1.29 is 5.11 Å². The van der Waals surface area contributed by atoms with E-state index in [0.717, 1.165) is 24.4 Å². The predicted octanol–water partition coefficient (Wildman–Crippen LogP) is 4.66. The fourth-order valence-corrected chi connectivity index (χ4v) is 3.66. The van der Waals surface area contributed by atoms with Gasteiger partial charge < -0.3 is 10.0 Å². The first-order valence-electron chi connectivity index (χ1n) is 8.24.